The number of benzene rings is 2. The quantitative estimate of drug-likeness (QED) is 0.406. The molecular formula is C19H18N4O3S3. The van der Waals surface area contributed by atoms with Gasteiger partial charge in [-0.15, -0.1) is 10.2 Å². The lowest BCUT2D eigenvalue weighted by atomic mass is 10.2. The zero-order valence-corrected chi connectivity index (χ0v) is 17.7. The number of amides is 1. The van der Waals surface area contributed by atoms with Crippen LogP contribution in [0.3, 0.4) is 0 Å². The Balaban J connectivity index is 1.39. The predicted octanol–water partition coefficient (Wildman–Crippen LogP) is 3.52. The highest BCUT2D eigenvalue weighted by Gasteiger charge is 2.28. The van der Waals surface area contributed by atoms with Crippen LogP contribution in [0.15, 0.2) is 63.8 Å². The molecule has 1 amide bonds. The van der Waals surface area contributed by atoms with Gasteiger partial charge in [0.15, 0.2) is 4.34 Å². The Hall–Kier alpha value is -2.27. The van der Waals surface area contributed by atoms with Gasteiger partial charge in [0, 0.05) is 17.4 Å². The van der Waals surface area contributed by atoms with Gasteiger partial charge in [-0.3, -0.25) is 10.1 Å². The Morgan fingerprint density at radius 3 is 2.66 bits per heavy atom. The molecule has 0 unspecified atom stereocenters. The Labute approximate surface area is 177 Å². The van der Waals surface area contributed by atoms with Gasteiger partial charge in [0.05, 0.1) is 4.90 Å². The molecule has 7 nitrogen and oxygen atoms in total. The first-order valence-corrected chi connectivity index (χ1v) is 12.2. The second kappa shape index (κ2) is 8.62. The number of hydrogen-bond acceptors (Lipinski definition) is 7. The van der Waals surface area contributed by atoms with Crippen molar-refractivity contribution in [2.75, 3.05) is 5.32 Å². The first-order chi connectivity index (χ1) is 14.0. The van der Waals surface area contributed by atoms with Crippen LogP contribution in [0.4, 0.5) is 5.13 Å². The van der Waals surface area contributed by atoms with Gasteiger partial charge in [-0.1, -0.05) is 59.5 Å². The van der Waals surface area contributed by atoms with Crippen molar-refractivity contribution < 1.29 is 13.2 Å². The molecule has 1 aliphatic rings. The molecule has 4 rings (SSSR count). The summed E-state index contributed by atoms with van der Waals surface area (Å²) in [6.45, 7) is 0. The van der Waals surface area contributed by atoms with E-state index in [-0.39, 0.29) is 16.5 Å². The number of nitrogens with zero attached hydrogens (tertiary/aromatic N) is 2. The molecule has 1 aliphatic carbocycles. The van der Waals surface area contributed by atoms with Gasteiger partial charge in [0.2, 0.25) is 15.2 Å². The van der Waals surface area contributed by atoms with Crippen molar-refractivity contribution in [2.24, 2.45) is 0 Å². The van der Waals surface area contributed by atoms with Crippen molar-refractivity contribution in [3.05, 3.63) is 65.7 Å². The highest BCUT2D eigenvalue weighted by Crippen LogP contribution is 2.28. The molecule has 0 spiro atoms. The monoisotopic (exact) mass is 446 g/mol. The van der Waals surface area contributed by atoms with Crippen LogP contribution >= 0.6 is 23.1 Å². The molecule has 10 heteroatoms. The molecule has 3 aromatic rings. The summed E-state index contributed by atoms with van der Waals surface area (Å²) < 4.78 is 28.0. The third kappa shape index (κ3) is 5.41. The van der Waals surface area contributed by atoms with Crippen LogP contribution in [-0.2, 0) is 15.8 Å². The highest BCUT2D eigenvalue weighted by atomic mass is 32.2. The average Bonchev–Trinajstić information content (AvgIpc) is 3.42. The highest BCUT2D eigenvalue weighted by molar-refractivity contribution is 8.00. The molecule has 2 aromatic carbocycles. The van der Waals surface area contributed by atoms with Crippen molar-refractivity contribution in [3.8, 4) is 0 Å². The largest absolute Gasteiger partial charge is 0.296 e. The van der Waals surface area contributed by atoms with Crippen LogP contribution < -0.4 is 10.0 Å². The normalized spacial score (nSPS) is 13.9. The lowest BCUT2D eigenvalue weighted by Gasteiger charge is -2.07. The Kier molecular flexibility index (Phi) is 5.95. The van der Waals surface area contributed by atoms with E-state index in [9.17, 15) is 13.2 Å². The van der Waals surface area contributed by atoms with Gasteiger partial charge in [-0.2, -0.15) is 0 Å². The van der Waals surface area contributed by atoms with Crippen molar-refractivity contribution >= 4 is 44.2 Å². The number of hydrogen-bond donors (Lipinski definition) is 2. The number of thioether (sulfide) groups is 1. The fraction of sp³-hybridized carbons (Fsp3) is 0.211. The molecule has 29 heavy (non-hydrogen) atoms. The Bertz CT molecular complexity index is 1110. The first-order valence-electron chi connectivity index (χ1n) is 8.93. The fourth-order valence-corrected chi connectivity index (χ4v) is 5.55. The Morgan fingerprint density at radius 2 is 1.90 bits per heavy atom. The van der Waals surface area contributed by atoms with E-state index in [0.29, 0.717) is 5.13 Å². The summed E-state index contributed by atoms with van der Waals surface area (Å²) in [5.41, 5.74) is 1.42. The standard InChI is InChI=1S/C19H18N4O3S3/c24-17(14-7-4-8-16(11-14)29(25,26)23-15-9-10-15)20-18-21-22-19(28-18)27-12-13-5-2-1-3-6-13/h1-8,11,15,23H,9-10,12H2,(H,20,21,24). The summed E-state index contributed by atoms with van der Waals surface area (Å²) in [7, 11) is -3.61. The molecule has 0 atom stereocenters. The summed E-state index contributed by atoms with van der Waals surface area (Å²) in [6, 6.07) is 16.0. The number of anilines is 1. The lowest BCUT2D eigenvalue weighted by Crippen LogP contribution is -2.26. The van der Waals surface area contributed by atoms with Gasteiger partial charge < -0.3 is 0 Å². The molecular weight excluding hydrogens is 428 g/mol. The number of rotatable bonds is 8. The first kappa shape index (κ1) is 20.0. The molecule has 2 N–H and O–H groups in total. The van der Waals surface area contributed by atoms with Gasteiger partial charge >= 0.3 is 0 Å². The lowest BCUT2D eigenvalue weighted by molar-refractivity contribution is 0.102. The van der Waals surface area contributed by atoms with Gasteiger partial charge in [0.1, 0.15) is 0 Å². The predicted molar refractivity (Wildman–Crippen MR) is 114 cm³/mol. The number of sulfonamides is 1. The number of carbonyl (C=O) groups excluding carboxylic acids is 1. The van der Waals surface area contributed by atoms with Crippen LogP contribution in [0.1, 0.15) is 28.8 Å². The third-order valence-corrected chi connectivity index (χ3v) is 7.70. The minimum absolute atomic E-state index is 0.00526. The summed E-state index contributed by atoms with van der Waals surface area (Å²) in [4.78, 5) is 12.6. The second-order valence-corrected chi connectivity index (χ2v) is 10.4. The van der Waals surface area contributed by atoms with Gasteiger partial charge in [-0.25, -0.2) is 13.1 Å². The van der Waals surface area contributed by atoms with Crippen LogP contribution in [0.5, 0.6) is 0 Å². The number of nitrogens with one attached hydrogen (secondary N) is 2. The maximum atomic E-state index is 12.5. The van der Waals surface area contributed by atoms with Gasteiger partial charge in [-0.05, 0) is 36.6 Å². The van der Waals surface area contributed by atoms with Crippen molar-refractivity contribution in [2.45, 2.75) is 33.9 Å². The topological polar surface area (TPSA) is 101 Å². The van der Waals surface area contributed by atoms with E-state index in [1.54, 1.807) is 23.9 Å². The second-order valence-electron chi connectivity index (χ2n) is 6.52. The average molecular weight is 447 g/mol. The molecule has 150 valence electrons. The zero-order valence-electron chi connectivity index (χ0n) is 15.2. The fourth-order valence-electron chi connectivity index (χ4n) is 2.50. The van der Waals surface area contributed by atoms with E-state index < -0.39 is 15.9 Å². The Morgan fingerprint density at radius 1 is 1.10 bits per heavy atom. The van der Waals surface area contributed by atoms with Gasteiger partial charge in [0.25, 0.3) is 5.91 Å². The smallest absolute Gasteiger partial charge is 0.257 e. The maximum Gasteiger partial charge on any atom is 0.257 e. The molecule has 1 fully saturated rings. The molecule has 1 heterocycles. The van der Waals surface area contributed by atoms with E-state index in [4.69, 9.17) is 0 Å². The molecule has 0 saturated heterocycles. The van der Waals surface area contributed by atoms with E-state index in [1.807, 2.05) is 30.3 Å². The van der Waals surface area contributed by atoms with E-state index >= 15 is 0 Å². The van der Waals surface area contributed by atoms with E-state index in [1.165, 1.54) is 29.0 Å². The maximum absolute atomic E-state index is 12.5. The van der Waals surface area contributed by atoms with Crippen LogP contribution in [0.25, 0.3) is 0 Å². The molecule has 0 aliphatic heterocycles. The van der Waals surface area contributed by atoms with Crippen molar-refractivity contribution in [3.63, 3.8) is 0 Å². The van der Waals surface area contributed by atoms with Crippen LogP contribution in [0, 0.1) is 0 Å². The molecule has 0 radical (unpaired) electrons. The van der Waals surface area contributed by atoms with Crippen molar-refractivity contribution in [1.82, 2.24) is 14.9 Å². The zero-order chi connectivity index (χ0) is 20.3. The third-order valence-electron chi connectivity index (χ3n) is 4.14. The summed E-state index contributed by atoms with van der Waals surface area (Å²) in [6.07, 6.45) is 1.70. The summed E-state index contributed by atoms with van der Waals surface area (Å²) >= 11 is 2.82. The SMILES string of the molecule is O=C(Nc1nnc(SCc2ccccc2)s1)c1cccc(S(=O)(=O)NC2CC2)c1. The van der Waals surface area contributed by atoms with Crippen LogP contribution in [-0.4, -0.2) is 30.6 Å². The molecule has 0 bridgehead atoms. The minimum Gasteiger partial charge on any atom is -0.296 e. The van der Waals surface area contributed by atoms with E-state index in [0.717, 1.165) is 22.9 Å². The van der Waals surface area contributed by atoms with E-state index in [2.05, 4.69) is 20.2 Å². The molecule has 1 saturated carbocycles. The van der Waals surface area contributed by atoms with Crippen molar-refractivity contribution in [1.29, 1.82) is 0 Å². The summed E-state index contributed by atoms with van der Waals surface area (Å²) in [5.74, 6) is 0.335. The number of carbonyl (C=O) groups is 1. The van der Waals surface area contributed by atoms with Crippen LogP contribution in [0.2, 0.25) is 0 Å². The minimum atomic E-state index is -3.61. The summed E-state index contributed by atoms with van der Waals surface area (Å²) in [5, 5.41) is 11.1. The molecule has 1 aromatic heterocycles. The number of aromatic nitrogens is 2.